The molecule has 4 rings (SSSR count). The maximum atomic E-state index is 15.0. The number of carbonyl (C=O) groups is 7. The summed E-state index contributed by atoms with van der Waals surface area (Å²) in [6.45, 7) is 8.39. The van der Waals surface area contributed by atoms with Crippen LogP contribution in [0.5, 0.6) is 0 Å². The van der Waals surface area contributed by atoms with Crippen molar-refractivity contribution < 1.29 is 51.5 Å². The number of likely N-dealkylation sites (N-methyl/N-ethyl adjacent to an activating group) is 3. The third-order valence-electron chi connectivity index (χ3n) is 12.1. The Balaban J connectivity index is 1.93. The van der Waals surface area contributed by atoms with Crippen molar-refractivity contribution in [2.45, 2.75) is 154 Å². The van der Waals surface area contributed by atoms with E-state index in [9.17, 15) is 47.2 Å². The molecule has 0 spiro atoms. The van der Waals surface area contributed by atoms with Gasteiger partial charge in [0.15, 0.2) is 6.10 Å². The molecule has 1 aromatic heterocycles. The smallest absolute Gasteiger partial charge is 0.391 e. The SMILES string of the molecule is CC(C)C[C@@H]1NC(=O)[C@H](Cc2csc3ccc(Cl)cc23)N(C)C(=O)[C@H](CC2=CCCCC2)NC(=O)[C@H](CC(C)C)N(C)C(=O)[C@H](CC(F)(F)F)NC(=O)[C@@H](CCC#N)OC(=O)[C@H](C)N(C)C1=O. The average Bonchev–Trinajstić information content (AvgIpc) is 3.66. The molecule has 3 N–H and O–H groups in total. The molecular weight excluding hydrogens is 915 g/mol. The van der Waals surface area contributed by atoms with E-state index in [4.69, 9.17) is 16.3 Å². The van der Waals surface area contributed by atoms with Crippen molar-refractivity contribution in [1.29, 1.82) is 5.26 Å². The number of halogens is 4. The number of fused-ring (bicyclic) bond motifs is 1. The number of nitrogens with zero attached hydrogens (tertiary/aromatic N) is 4. The van der Waals surface area contributed by atoms with Crippen LogP contribution < -0.4 is 16.0 Å². The summed E-state index contributed by atoms with van der Waals surface area (Å²) >= 11 is 7.81. The van der Waals surface area contributed by atoms with Gasteiger partial charge in [-0.25, -0.2) is 4.79 Å². The first-order valence-electron chi connectivity index (χ1n) is 22.6. The topological polar surface area (TPSA) is 198 Å². The number of rotatable bonds is 11. The molecule has 15 nitrogen and oxygen atoms in total. The molecule has 0 bridgehead atoms. The third-order valence-corrected chi connectivity index (χ3v) is 13.4. The Morgan fingerprint density at radius 3 is 2.03 bits per heavy atom. The van der Waals surface area contributed by atoms with E-state index in [1.54, 1.807) is 32.0 Å². The number of nitrogens with one attached hydrogen (secondary N) is 3. The number of hydrogen-bond acceptors (Lipinski definition) is 10. The predicted molar refractivity (Wildman–Crippen MR) is 247 cm³/mol. The monoisotopic (exact) mass is 977 g/mol. The van der Waals surface area contributed by atoms with E-state index in [1.807, 2.05) is 31.4 Å². The van der Waals surface area contributed by atoms with Gasteiger partial charge in [-0.2, -0.15) is 18.4 Å². The second-order valence-electron chi connectivity index (χ2n) is 18.4. The number of esters is 1. The average molecular weight is 979 g/mol. The first kappa shape index (κ1) is 54.4. The number of thiophene rings is 1. The lowest BCUT2D eigenvalue weighted by molar-refractivity contribution is -0.166. The van der Waals surface area contributed by atoms with E-state index in [0.717, 1.165) is 51.8 Å². The van der Waals surface area contributed by atoms with Gasteiger partial charge in [-0.05, 0) is 98.2 Å². The lowest BCUT2D eigenvalue weighted by Crippen LogP contribution is -2.60. The van der Waals surface area contributed by atoms with E-state index in [1.165, 1.54) is 37.3 Å². The Morgan fingerprint density at radius 2 is 1.42 bits per heavy atom. The van der Waals surface area contributed by atoms with Crippen molar-refractivity contribution in [3.8, 4) is 6.07 Å². The van der Waals surface area contributed by atoms with E-state index < -0.39 is 103 Å². The van der Waals surface area contributed by atoms with Gasteiger partial charge in [-0.1, -0.05) is 50.9 Å². The highest BCUT2D eigenvalue weighted by Gasteiger charge is 2.43. The summed E-state index contributed by atoms with van der Waals surface area (Å²) in [7, 11) is 3.81. The van der Waals surface area contributed by atoms with Crippen LogP contribution in [-0.2, 0) is 44.7 Å². The zero-order chi connectivity index (χ0) is 49.9. The number of benzene rings is 1. The van der Waals surface area contributed by atoms with Crippen molar-refractivity contribution >= 4 is 74.4 Å². The maximum absolute atomic E-state index is 15.0. The number of carbonyl (C=O) groups excluding carboxylic acids is 7. The first-order chi connectivity index (χ1) is 31.4. The van der Waals surface area contributed by atoms with Gasteiger partial charge in [0.2, 0.25) is 29.5 Å². The Morgan fingerprint density at radius 1 is 0.821 bits per heavy atom. The molecule has 20 heteroatoms. The van der Waals surface area contributed by atoms with Gasteiger partial charge in [-0.3, -0.25) is 28.8 Å². The van der Waals surface area contributed by atoms with Crippen LogP contribution in [0.4, 0.5) is 13.2 Å². The number of cyclic esters (lactones) is 1. The molecule has 1 fully saturated rings. The summed E-state index contributed by atoms with van der Waals surface area (Å²) in [4.78, 5) is 103. The molecule has 0 unspecified atom stereocenters. The van der Waals surface area contributed by atoms with Crippen LogP contribution in [0.15, 0.2) is 35.2 Å². The highest BCUT2D eigenvalue weighted by atomic mass is 35.5. The summed E-state index contributed by atoms with van der Waals surface area (Å²) in [5, 5.41) is 20.1. The van der Waals surface area contributed by atoms with Gasteiger partial charge >= 0.3 is 12.1 Å². The van der Waals surface area contributed by atoms with Crippen LogP contribution in [0.2, 0.25) is 5.02 Å². The summed E-state index contributed by atoms with van der Waals surface area (Å²) in [5.74, 6) is -7.29. The van der Waals surface area contributed by atoms with Gasteiger partial charge < -0.3 is 35.4 Å². The number of ether oxygens (including phenoxy) is 1. The van der Waals surface area contributed by atoms with E-state index >= 15 is 4.79 Å². The van der Waals surface area contributed by atoms with E-state index in [2.05, 4.69) is 16.0 Å². The summed E-state index contributed by atoms with van der Waals surface area (Å²) in [6, 6.07) is -1.99. The number of alkyl halides is 3. The van der Waals surface area contributed by atoms with Crippen LogP contribution >= 0.6 is 22.9 Å². The minimum absolute atomic E-state index is 0.0221. The number of allylic oxidation sites excluding steroid dienone is 1. The van der Waals surface area contributed by atoms with Gasteiger partial charge in [0.1, 0.15) is 36.3 Å². The van der Waals surface area contributed by atoms with Crippen molar-refractivity contribution in [2.24, 2.45) is 11.8 Å². The predicted octanol–water partition coefficient (Wildman–Crippen LogP) is 6.22. The highest BCUT2D eigenvalue weighted by molar-refractivity contribution is 7.17. The Bertz CT molecular complexity index is 2210. The van der Waals surface area contributed by atoms with Gasteiger partial charge in [-0.15, -0.1) is 11.3 Å². The van der Waals surface area contributed by atoms with E-state index in [-0.39, 0.29) is 43.9 Å². The highest BCUT2D eigenvalue weighted by Crippen LogP contribution is 2.31. The lowest BCUT2D eigenvalue weighted by Gasteiger charge is -2.35. The standard InChI is InChI=1S/C47H63ClF3N7O8S/c1-26(2)19-33-43(62)56(6)28(5)46(65)66-38(15-12-18-52)42(61)55-35(24-47(49,50)51)45(64)57(7)36(20-27(3)4)40(59)54-34(21-29-13-10-9-11-14-29)44(63)58(8)37(41(60)53-33)22-30-25-67-39-17-16-31(48)23-32(30)39/h13,16-17,23,25-28,33-38H,9-12,14-15,19-22,24H2,1-8H3,(H,53,60)(H,54,59)(H,55,61)/t28-,33-,34-,35-,36-,37-,38+/m0/s1. The molecule has 368 valence electrons. The number of amides is 6. The number of hydrogen-bond donors (Lipinski definition) is 3. The Hall–Kier alpha value is -5.22. The summed E-state index contributed by atoms with van der Waals surface area (Å²) in [6.07, 6.45) is -4.57. The molecule has 1 aromatic carbocycles. The van der Waals surface area contributed by atoms with Crippen molar-refractivity contribution in [3.05, 3.63) is 45.8 Å². The second-order valence-corrected chi connectivity index (χ2v) is 19.7. The van der Waals surface area contributed by atoms with Crippen LogP contribution in [0.25, 0.3) is 10.1 Å². The van der Waals surface area contributed by atoms with Gasteiger partial charge in [0.05, 0.1) is 12.5 Å². The largest absolute Gasteiger partial charge is 0.451 e. The van der Waals surface area contributed by atoms with Gasteiger partial charge in [0.25, 0.3) is 5.91 Å². The normalized spacial score (nSPS) is 25.1. The summed E-state index contributed by atoms with van der Waals surface area (Å²) < 4.78 is 48.9. The molecule has 0 radical (unpaired) electrons. The molecule has 67 heavy (non-hydrogen) atoms. The van der Waals surface area contributed by atoms with Crippen LogP contribution in [0, 0.1) is 23.2 Å². The zero-order valence-electron chi connectivity index (χ0n) is 39.3. The van der Waals surface area contributed by atoms with Crippen molar-refractivity contribution in [2.75, 3.05) is 21.1 Å². The molecule has 2 heterocycles. The fourth-order valence-electron chi connectivity index (χ4n) is 8.26. The van der Waals surface area contributed by atoms with Crippen LogP contribution in [0.3, 0.4) is 0 Å². The number of nitriles is 1. The fourth-order valence-corrected chi connectivity index (χ4v) is 9.39. The molecule has 0 saturated carbocycles. The quantitative estimate of drug-likeness (QED) is 0.173. The molecule has 1 aliphatic heterocycles. The van der Waals surface area contributed by atoms with Gasteiger partial charge in [0, 0.05) is 50.1 Å². The first-order valence-corrected chi connectivity index (χ1v) is 23.9. The molecule has 7 atom stereocenters. The maximum Gasteiger partial charge on any atom is 0.391 e. The minimum Gasteiger partial charge on any atom is -0.451 e. The third kappa shape index (κ3) is 15.1. The Labute approximate surface area is 399 Å². The van der Waals surface area contributed by atoms with Crippen molar-refractivity contribution in [1.82, 2.24) is 30.7 Å². The summed E-state index contributed by atoms with van der Waals surface area (Å²) in [5.41, 5.74) is 1.53. The molecule has 6 amide bonds. The molecule has 1 saturated heterocycles. The molecule has 2 aromatic rings. The van der Waals surface area contributed by atoms with Crippen LogP contribution in [0.1, 0.15) is 104 Å². The van der Waals surface area contributed by atoms with E-state index in [0.29, 0.717) is 17.0 Å². The second kappa shape index (κ2) is 24.2. The minimum atomic E-state index is -5.02. The lowest BCUT2D eigenvalue weighted by atomic mass is 9.92. The zero-order valence-corrected chi connectivity index (χ0v) is 40.9. The van der Waals surface area contributed by atoms with Crippen molar-refractivity contribution in [3.63, 3.8) is 0 Å². The molecular formula is C47H63ClF3N7O8S. The molecule has 1 aliphatic carbocycles. The fraction of sp³-hybridized carbons (Fsp3) is 0.617. The Kier molecular flexibility index (Phi) is 19.6. The van der Waals surface area contributed by atoms with Crippen LogP contribution in [-0.4, -0.2) is 126 Å². The molecule has 2 aliphatic rings.